The zero-order valence-corrected chi connectivity index (χ0v) is 18.8. The van der Waals surface area contributed by atoms with Gasteiger partial charge in [0.05, 0.1) is 31.6 Å². The molecule has 3 aliphatic heterocycles. The zero-order valence-electron chi connectivity index (χ0n) is 18.0. The van der Waals surface area contributed by atoms with Crippen molar-refractivity contribution in [2.75, 3.05) is 31.4 Å². The fraction of sp³-hybridized carbons (Fsp3) is 0.545. The molecule has 1 aromatic carbocycles. The summed E-state index contributed by atoms with van der Waals surface area (Å²) in [7, 11) is -2.38. The minimum absolute atomic E-state index is 0.100. The second-order valence-electron chi connectivity index (χ2n) is 8.97. The van der Waals surface area contributed by atoms with Crippen molar-refractivity contribution in [3.05, 3.63) is 42.0 Å². The average molecular weight is 463 g/mol. The lowest BCUT2D eigenvalue weighted by atomic mass is 9.60. The predicted molar refractivity (Wildman–Crippen MR) is 114 cm³/mol. The van der Waals surface area contributed by atoms with Gasteiger partial charge < -0.3 is 14.8 Å². The lowest BCUT2D eigenvalue weighted by Gasteiger charge is -2.51. The Morgan fingerprint density at radius 3 is 2.78 bits per heavy atom. The van der Waals surface area contributed by atoms with Crippen LogP contribution in [0.2, 0.25) is 0 Å². The lowest BCUT2D eigenvalue weighted by Crippen LogP contribution is -2.66. The van der Waals surface area contributed by atoms with Crippen molar-refractivity contribution in [2.24, 2.45) is 5.92 Å². The van der Waals surface area contributed by atoms with E-state index in [0.717, 1.165) is 12.8 Å². The van der Waals surface area contributed by atoms with E-state index in [0.29, 0.717) is 30.5 Å². The van der Waals surface area contributed by atoms with E-state index in [9.17, 15) is 18.0 Å². The number of fused-ring (bicyclic) bond motifs is 2. The fourth-order valence-electron chi connectivity index (χ4n) is 6.29. The first-order chi connectivity index (χ1) is 15.2. The highest BCUT2D eigenvalue weighted by Crippen LogP contribution is 2.66. The molecule has 9 nitrogen and oxygen atoms in total. The number of rotatable bonds is 4. The van der Waals surface area contributed by atoms with Crippen molar-refractivity contribution in [1.29, 1.82) is 0 Å². The first-order valence-electron chi connectivity index (χ1n) is 10.7. The Hall–Kier alpha value is -2.43. The van der Waals surface area contributed by atoms with Gasteiger partial charge in [-0.15, -0.1) is 0 Å². The van der Waals surface area contributed by atoms with Crippen LogP contribution < -0.4 is 10.2 Å². The zero-order chi connectivity index (χ0) is 22.8. The molecule has 1 N–H and O–H groups in total. The van der Waals surface area contributed by atoms with Crippen LogP contribution in [0.4, 0.5) is 10.5 Å². The number of ether oxygens (including phenoxy) is 2. The van der Waals surface area contributed by atoms with Gasteiger partial charge in [0.2, 0.25) is 0 Å². The summed E-state index contributed by atoms with van der Waals surface area (Å²) in [6.07, 6.45) is 6.29. The largest absolute Gasteiger partial charge is 0.452 e. The maximum atomic E-state index is 13.4. The first kappa shape index (κ1) is 21.4. The normalized spacial score (nSPS) is 34.9. The summed E-state index contributed by atoms with van der Waals surface area (Å²) in [6, 6.07) is 7.27. The third-order valence-corrected chi connectivity index (χ3v) is 8.05. The van der Waals surface area contributed by atoms with E-state index >= 15 is 0 Å². The van der Waals surface area contributed by atoms with Gasteiger partial charge in [0.1, 0.15) is 5.54 Å². The van der Waals surface area contributed by atoms with Gasteiger partial charge in [-0.2, -0.15) is 8.42 Å². The molecule has 1 amide bonds. The lowest BCUT2D eigenvalue weighted by molar-refractivity contribution is -0.153. The number of hydrogen-bond acceptors (Lipinski definition) is 8. The van der Waals surface area contributed by atoms with Crippen LogP contribution in [0.3, 0.4) is 0 Å². The number of methoxy groups -OCH3 is 1. The number of amides is 1. The molecular formula is C22H26N2O7S. The van der Waals surface area contributed by atoms with Crippen molar-refractivity contribution in [1.82, 2.24) is 5.32 Å². The molecule has 0 aromatic heterocycles. The summed E-state index contributed by atoms with van der Waals surface area (Å²) in [5.74, 6) is -1.01. The third-order valence-electron chi connectivity index (χ3n) is 7.45. The Kier molecular flexibility index (Phi) is 4.71. The van der Waals surface area contributed by atoms with E-state index in [4.69, 9.17) is 13.7 Å². The van der Waals surface area contributed by atoms with E-state index in [1.165, 1.54) is 7.11 Å². The van der Waals surface area contributed by atoms with E-state index < -0.39 is 39.2 Å². The molecule has 172 valence electrons. The van der Waals surface area contributed by atoms with Gasteiger partial charge in [0.15, 0.2) is 5.60 Å². The Morgan fingerprint density at radius 2 is 2.09 bits per heavy atom. The van der Waals surface area contributed by atoms with Crippen molar-refractivity contribution >= 4 is 27.9 Å². The molecule has 1 aliphatic carbocycles. The van der Waals surface area contributed by atoms with Gasteiger partial charge >= 0.3 is 12.1 Å². The molecule has 5 rings (SSSR count). The van der Waals surface area contributed by atoms with E-state index in [-0.39, 0.29) is 18.6 Å². The van der Waals surface area contributed by atoms with Gasteiger partial charge in [0, 0.05) is 24.1 Å². The van der Waals surface area contributed by atoms with E-state index in [2.05, 4.69) is 11.4 Å². The highest BCUT2D eigenvalue weighted by Gasteiger charge is 2.77. The van der Waals surface area contributed by atoms with Crippen molar-refractivity contribution < 1.29 is 31.7 Å². The number of carbonyl (C=O) groups is 2. The van der Waals surface area contributed by atoms with Gasteiger partial charge in [0.25, 0.3) is 10.1 Å². The summed E-state index contributed by atoms with van der Waals surface area (Å²) in [4.78, 5) is 28.1. The minimum atomic E-state index is -3.69. The Balaban J connectivity index is 1.67. The number of nitrogens with zero attached hydrogens (tertiary/aromatic N) is 1. The van der Waals surface area contributed by atoms with Crippen LogP contribution in [-0.4, -0.2) is 58.1 Å². The molecule has 3 heterocycles. The molecule has 0 unspecified atom stereocenters. The topological polar surface area (TPSA) is 111 Å². The molecule has 1 saturated carbocycles. The molecule has 1 aromatic rings. The predicted octanol–water partition coefficient (Wildman–Crippen LogP) is 1.83. The van der Waals surface area contributed by atoms with Crippen LogP contribution in [0.1, 0.15) is 31.2 Å². The summed E-state index contributed by atoms with van der Waals surface area (Å²) >= 11 is 0. The maximum Gasteiger partial charge on any atom is 0.414 e. The SMILES string of the molecule is COC(=O)N1c2ccccc2[C@@]2(CCOS(C)(=O)=O)OC(=O)[C@H]3C[C@]4(C=CCN4)CC[C@]312. The summed E-state index contributed by atoms with van der Waals surface area (Å²) < 4.78 is 39.7. The second kappa shape index (κ2) is 7.03. The molecule has 1 saturated heterocycles. The number of benzene rings is 1. The molecule has 4 aliphatic rings. The Labute approximate surface area is 186 Å². The number of carbonyl (C=O) groups excluding carboxylic acids is 2. The van der Waals surface area contributed by atoms with Crippen LogP contribution in [0.5, 0.6) is 0 Å². The summed E-state index contributed by atoms with van der Waals surface area (Å²) in [5, 5.41) is 3.48. The van der Waals surface area contributed by atoms with Gasteiger partial charge in [-0.05, 0) is 25.3 Å². The molecule has 32 heavy (non-hydrogen) atoms. The van der Waals surface area contributed by atoms with Crippen LogP contribution in [0.25, 0.3) is 0 Å². The summed E-state index contributed by atoms with van der Waals surface area (Å²) in [6.45, 7) is 0.552. The molecule has 2 fully saturated rings. The number of para-hydroxylation sites is 1. The standard InChI is InChI=1S/C22H26N2O7S/c1-29-19(26)24-17-7-4-3-6-15(17)22(11-13-30-32(2,27)28)21(24)10-9-20(8-5-12-23-20)14-16(21)18(25)31-22/h3-8,16,23H,9-14H2,1-2H3/t16-,20+,21-,22-/m1/s1. The maximum absolute atomic E-state index is 13.4. The molecular weight excluding hydrogens is 436 g/mol. The monoisotopic (exact) mass is 462 g/mol. The Morgan fingerprint density at radius 1 is 1.31 bits per heavy atom. The Bertz CT molecular complexity index is 1120. The number of esters is 1. The number of anilines is 1. The van der Waals surface area contributed by atoms with Gasteiger partial charge in [-0.1, -0.05) is 30.4 Å². The average Bonchev–Trinajstić information content (AvgIpc) is 3.36. The third kappa shape index (κ3) is 2.79. The molecule has 2 spiro atoms. The highest BCUT2D eigenvalue weighted by molar-refractivity contribution is 7.85. The first-order valence-corrected chi connectivity index (χ1v) is 12.5. The quantitative estimate of drug-likeness (QED) is 0.410. The molecule has 0 bridgehead atoms. The van der Waals surface area contributed by atoms with Crippen LogP contribution in [-0.2, 0) is 34.2 Å². The molecule has 10 heteroatoms. The smallest absolute Gasteiger partial charge is 0.414 e. The second-order valence-corrected chi connectivity index (χ2v) is 10.6. The number of nitrogens with one attached hydrogen (secondary N) is 1. The van der Waals surface area contributed by atoms with Crippen molar-refractivity contribution in [2.45, 2.75) is 42.4 Å². The highest BCUT2D eigenvalue weighted by atomic mass is 32.2. The van der Waals surface area contributed by atoms with Crippen LogP contribution >= 0.6 is 0 Å². The molecule has 0 radical (unpaired) electrons. The van der Waals surface area contributed by atoms with Gasteiger partial charge in [-0.3, -0.25) is 13.9 Å². The number of hydrogen-bond donors (Lipinski definition) is 1. The van der Waals surface area contributed by atoms with Crippen LogP contribution in [0, 0.1) is 5.92 Å². The van der Waals surface area contributed by atoms with Gasteiger partial charge in [-0.25, -0.2) is 4.79 Å². The fourth-order valence-corrected chi connectivity index (χ4v) is 6.67. The van der Waals surface area contributed by atoms with E-state index in [1.54, 1.807) is 4.90 Å². The van der Waals surface area contributed by atoms with Crippen LogP contribution in [0.15, 0.2) is 36.4 Å². The summed E-state index contributed by atoms with van der Waals surface area (Å²) in [5.41, 5.74) is -1.31. The van der Waals surface area contributed by atoms with Crippen molar-refractivity contribution in [3.8, 4) is 0 Å². The van der Waals surface area contributed by atoms with E-state index in [1.807, 2.05) is 30.3 Å². The van der Waals surface area contributed by atoms with Crippen molar-refractivity contribution in [3.63, 3.8) is 0 Å². The minimum Gasteiger partial charge on any atom is -0.452 e. The molecule has 4 atom stereocenters.